The summed E-state index contributed by atoms with van der Waals surface area (Å²) in [6, 6.07) is 7.82. The van der Waals surface area contributed by atoms with Gasteiger partial charge in [-0.1, -0.05) is 25.0 Å². The third kappa shape index (κ3) is 4.85. The number of hydrogen-bond acceptors (Lipinski definition) is 5. The van der Waals surface area contributed by atoms with Crippen LogP contribution in [0.2, 0.25) is 0 Å². The van der Waals surface area contributed by atoms with Gasteiger partial charge >= 0.3 is 6.18 Å². The molecule has 1 fully saturated rings. The lowest BCUT2D eigenvalue weighted by atomic mass is 9.99. The van der Waals surface area contributed by atoms with Crippen molar-refractivity contribution in [1.82, 2.24) is 24.5 Å². The summed E-state index contributed by atoms with van der Waals surface area (Å²) in [5, 5.41) is 3.59. The van der Waals surface area contributed by atoms with Crippen molar-refractivity contribution >= 4 is 11.7 Å². The highest BCUT2D eigenvalue weighted by atomic mass is 19.4. The Morgan fingerprint density at radius 1 is 1.12 bits per heavy atom. The van der Waals surface area contributed by atoms with Gasteiger partial charge in [0.25, 0.3) is 11.6 Å². The molecular weight excluding hydrogens is 447 g/mol. The van der Waals surface area contributed by atoms with E-state index in [2.05, 4.69) is 15.1 Å². The Hall–Kier alpha value is -3.17. The fourth-order valence-electron chi connectivity index (χ4n) is 4.65. The maximum Gasteiger partial charge on any atom is 0.453 e. The summed E-state index contributed by atoms with van der Waals surface area (Å²) < 4.78 is 45.5. The molecule has 3 aromatic rings. The maximum atomic E-state index is 13.4. The third-order valence-corrected chi connectivity index (χ3v) is 6.47. The Bertz CT molecular complexity index is 1170. The Labute approximate surface area is 196 Å². The van der Waals surface area contributed by atoms with Crippen LogP contribution in [-0.2, 0) is 17.4 Å². The molecule has 0 radical (unpaired) electrons. The Balaban J connectivity index is 1.55. The van der Waals surface area contributed by atoms with E-state index in [0.717, 1.165) is 47.1 Å². The molecule has 1 aliphatic rings. The maximum absolute atomic E-state index is 13.4. The lowest BCUT2D eigenvalue weighted by molar-refractivity contribution is -0.144. The van der Waals surface area contributed by atoms with Crippen LogP contribution >= 0.6 is 0 Å². The summed E-state index contributed by atoms with van der Waals surface area (Å²) in [7, 11) is 1.62. The molecule has 2 aromatic heterocycles. The summed E-state index contributed by atoms with van der Waals surface area (Å²) in [5.74, 6) is -0.519. The second kappa shape index (κ2) is 9.60. The summed E-state index contributed by atoms with van der Waals surface area (Å²) in [4.78, 5) is 23.0. The molecule has 1 saturated heterocycles. The van der Waals surface area contributed by atoms with Gasteiger partial charge in [-0.2, -0.15) is 18.2 Å². The van der Waals surface area contributed by atoms with Crippen LogP contribution in [0.15, 0.2) is 24.3 Å². The first-order chi connectivity index (χ1) is 16.2. The van der Waals surface area contributed by atoms with E-state index in [1.807, 2.05) is 29.2 Å². The predicted octanol–water partition coefficient (Wildman–Crippen LogP) is 4.85. The van der Waals surface area contributed by atoms with Gasteiger partial charge in [0.2, 0.25) is 5.91 Å². The minimum Gasteiger partial charge on any atom is -0.497 e. The molecule has 1 aromatic carbocycles. The zero-order valence-electron chi connectivity index (χ0n) is 19.5. The first-order valence-corrected chi connectivity index (χ1v) is 11.4. The summed E-state index contributed by atoms with van der Waals surface area (Å²) in [6.45, 7) is 4.09. The van der Waals surface area contributed by atoms with E-state index in [-0.39, 0.29) is 24.1 Å². The van der Waals surface area contributed by atoms with E-state index < -0.39 is 12.0 Å². The standard InChI is InChI=1S/C24H28F3N5O2/c1-15-19(16(2)32-23(28-15)29-22(30-32)24(25,26)27)12-13-21(33)31-14-6-4-5-7-20(31)17-8-10-18(34-3)11-9-17/h8-11,20H,4-7,12-14H2,1-3H3/t20-/m0/s1. The van der Waals surface area contributed by atoms with Gasteiger partial charge in [-0.3, -0.25) is 4.79 Å². The number of alkyl halides is 3. The number of carbonyl (C=O) groups excluding carboxylic acids is 1. The Morgan fingerprint density at radius 3 is 2.53 bits per heavy atom. The van der Waals surface area contributed by atoms with Crippen molar-refractivity contribution in [1.29, 1.82) is 0 Å². The van der Waals surface area contributed by atoms with Gasteiger partial charge in [-0.25, -0.2) is 9.50 Å². The van der Waals surface area contributed by atoms with E-state index in [9.17, 15) is 18.0 Å². The highest BCUT2D eigenvalue weighted by Crippen LogP contribution is 2.32. The van der Waals surface area contributed by atoms with Gasteiger partial charge < -0.3 is 9.64 Å². The number of benzene rings is 1. The SMILES string of the molecule is COc1ccc([C@@H]2CCCCCN2C(=O)CCc2c(C)nc3nc(C(F)(F)F)nn3c2C)cc1. The number of fused-ring (bicyclic) bond motifs is 1. The molecule has 0 aliphatic carbocycles. The summed E-state index contributed by atoms with van der Waals surface area (Å²) in [5.41, 5.74) is 2.87. The lowest BCUT2D eigenvalue weighted by Crippen LogP contribution is -2.35. The molecule has 1 amide bonds. The second-order valence-electron chi connectivity index (χ2n) is 8.63. The molecule has 1 aliphatic heterocycles. The summed E-state index contributed by atoms with van der Waals surface area (Å²) in [6.07, 6.45) is -0.0790. The molecule has 0 saturated carbocycles. The molecule has 182 valence electrons. The number of likely N-dealkylation sites (tertiary alicyclic amines) is 1. The Morgan fingerprint density at radius 2 is 1.85 bits per heavy atom. The van der Waals surface area contributed by atoms with Gasteiger partial charge in [0.05, 0.1) is 13.2 Å². The molecular formula is C24H28F3N5O2. The van der Waals surface area contributed by atoms with Crippen molar-refractivity contribution in [2.45, 2.75) is 64.6 Å². The van der Waals surface area contributed by atoms with Crippen molar-refractivity contribution < 1.29 is 22.7 Å². The molecule has 0 bridgehead atoms. The molecule has 3 heterocycles. The molecule has 7 nitrogen and oxygen atoms in total. The van der Waals surface area contributed by atoms with Crippen LogP contribution in [0.25, 0.3) is 5.78 Å². The topological polar surface area (TPSA) is 72.6 Å². The van der Waals surface area contributed by atoms with Crippen molar-refractivity contribution in [2.75, 3.05) is 13.7 Å². The minimum atomic E-state index is -4.65. The number of ether oxygens (including phenoxy) is 1. The highest BCUT2D eigenvalue weighted by molar-refractivity contribution is 5.77. The van der Waals surface area contributed by atoms with Gasteiger partial charge in [0.1, 0.15) is 5.75 Å². The van der Waals surface area contributed by atoms with Crippen LogP contribution in [0.1, 0.15) is 66.5 Å². The minimum absolute atomic E-state index is 0.00614. The van der Waals surface area contributed by atoms with Crippen molar-refractivity contribution in [3.8, 4) is 5.75 Å². The van der Waals surface area contributed by atoms with E-state index in [1.54, 1.807) is 21.0 Å². The van der Waals surface area contributed by atoms with Crippen LogP contribution in [0, 0.1) is 13.8 Å². The van der Waals surface area contributed by atoms with E-state index in [0.29, 0.717) is 24.4 Å². The number of amides is 1. The number of aromatic nitrogens is 4. The smallest absolute Gasteiger partial charge is 0.453 e. The third-order valence-electron chi connectivity index (χ3n) is 6.47. The number of aryl methyl sites for hydroxylation is 2. The van der Waals surface area contributed by atoms with Gasteiger partial charge in [0, 0.05) is 24.4 Å². The number of nitrogens with zero attached hydrogens (tertiary/aromatic N) is 5. The number of rotatable bonds is 5. The number of halogens is 3. The number of carbonyl (C=O) groups is 1. The van der Waals surface area contributed by atoms with Crippen LogP contribution in [0.4, 0.5) is 13.2 Å². The van der Waals surface area contributed by atoms with Crippen molar-refractivity contribution in [3.63, 3.8) is 0 Å². The quantitative estimate of drug-likeness (QED) is 0.528. The molecule has 4 rings (SSSR count). The normalized spacial score (nSPS) is 17.1. The first-order valence-electron chi connectivity index (χ1n) is 11.4. The first kappa shape index (κ1) is 24.0. The zero-order valence-corrected chi connectivity index (χ0v) is 19.5. The molecule has 0 unspecified atom stereocenters. The van der Waals surface area contributed by atoms with E-state index in [1.165, 1.54) is 0 Å². The second-order valence-corrected chi connectivity index (χ2v) is 8.63. The summed E-state index contributed by atoms with van der Waals surface area (Å²) >= 11 is 0. The van der Waals surface area contributed by atoms with Crippen molar-refractivity contribution in [2.24, 2.45) is 0 Å². The average molecular weight is 476 g/mol. The molecule has 0 spiro atoms. The van der Waals surface area contributed by atoms with E-state index >= 15 is 0 Å². The Kier molecular flexibility index (Phi) is 6.77. The number of hydrogen-bond donors (Lipinski definition) is 0. The van der Waals surface area contributed by atoms with Crippen molar-refractivity contribution in [3.05, 3.63) is 52.6 Å². The molecule has 0 N–H and O–H groups in total. The average Bonchev–Trinajstić information content (AvgIpc) is 3.09. The molecule has 10 heteroatoms. The number of methoxy groups -OCH3 is 1. The molecule has 1 atom stereocenters. The van der Waals surface area contributed by atoms with Crippen LogP contribution < -0.4 is 4.74 Å². The van der Waals surface area contributed by atoms with Crippen LogP contribution in [-0.4, -0.2) is 44.0 Å². The lowest BCUT2D eigenvalue weighted by Gasteiger charge is -2.31. The highest BCUT2D eigenvalue weighted by Gasteiger charge is 2.37. The van der Waals surface area contributed by atoms with Crippen LogP contribution in [0.5, 0.6) is 5.75 Å². The predicted molar refractivity (Wildman–Crippen MR) is 119 cm³/mol. The largest absolute Gasteiger partial charge is 0.497 e. The fourth-order valence-corrected chi connectivity index (χ4v) is 4.65. The van der Waals surface area contributed by atoms with E-state index in [4.69, 9.17) is 4.74 Å². The van der Waals surface area contributed by atoms with Crippen LogP contribution in [0.3, 0.4) is 0 Å². The fraction of sp³-hybridized carbons (Fsp3) is 0.500. The van der Waals surface area contributed by atoms with Gasteiger partial charge in [0.15, 0.2) is 0 Å². The van der Waals surface area contributed by atoms with Gasteiger partial charge in [-0.05, 0) is 56.4 Å². The zero-order chi connectivity index (χ0) is 24.5. The van der Waals surface area contributed by atoms with Gasteiger partial charge in [-0.15, -0.1) is 5.10 Å². The monoisotopic (exact) mass is 475 g/mol. The molecule has 34 heavy (non-hydrogen) atoms.